The van der Waals surface area contributed by atoms with E-state index in [2.05, 4.69) is 15.3 Å². The van der Waals surface area contributed by atoms with Gasteiger partial charge in [0, 0.05) is 45.0 Å². The minimum atomic E-state index is -0.0317. The quantitative estimate of drug-likeness (QED) is 0.678. The highest BCUT2D eigenvalue weighted by atomic mass is 16.5. The topological polar surface area (TPSA) is 59.4 Å². The van der Waals surface area contributed by atoms with Crippen molar-refractivity contribution in [1.82, 2.24) is 20.0 Å². The molecule has 19 heavy (non-hydrogen) atoms. The summed E-state index contributed by atoms with van der Waals surface area (Å²) in [7, 11) is 0. The molecule has 1 fully saturated rings. The first-order chi connectivity index (χ1) is 9.36. The summed E-state index contributed by atoms with van der Waals surface area (Å²) in [5.41, 5.74) is -0.0317. The number of nitrogens with one attached hydrogen (secondary N) is 1. The maximum absolute atomic E-state index is 11.4. The lowest BCUT2D eigenvalue weighted by Crippen LogP contribution is -2.40. The lowest BCUT2D eigenvalue weighted by atomic mass is 10.4. The molecule has 0 unspecified atom stereocenters. The molecule has 0 radical (unpaired) electrons. The Labute approximate surface area is 113 Å². The van der Waals surface area contributed by atoms with Crippen molar-refractivity contribution in [1.29, 1.82) is 0 Å². The Hall–Kier alpha value is -1.24. The SMILES string of the molecule is O=c1cccnn1CCCNCCN1CCOCC1. The number of hydrogen-bond acceptors (Lipinski definition) is 5. The number of ether oxygens (including phenoxy) is 1. The number of morpholine rings is 1. The van der Waals surface area contributed by atoms with E-state index in [-0.39, 0.29) is 5.56 Å². The third kappa shape index (κ3) is 5.10. The van der Waals surface area contributed by atoms with Gasteiger partial charge in [0.25, 0.3) is 5.56 Å². The summed E-state index contributed by atoms with van der Waals surface area (Å²) >= 11 is 0. The minimum absolute atomic E-state index is 0.0317. The third-order valence-electron chi connectivity index (χ3n) is 3.22. The molecule has 0 amide bonds. The van der Waals surface area contributed by atoms with Crippen molar-refractivity contribution >= 4 is 0 Å². The van der Waals surface area contributed by atoms with Crippen LogP contribution in [0, 0.1) is 0 Å². The second-order valence-electron chi connectivity index (χ2n) is 4.64. The smallest absolute Gasteiger partial charge is 0.266 e. The van der Waals surface area contributed by atoms with Crippen molar-refractivity contribution in [3.05, 3.63) is 28.7 Å². The van der Waals surface area contributed by atoms with Crippen LogP contribution in [0.2, 0.25) is 0 Å². The van der Waals surface area contributed by atoms with Gasteiger partial charge in [0.15, 0.2) is 0 Å². The molecule has 6 nitrogen and oxygen atoms in total. The fraction of sp³-hybridized carbons (Fsp3) is 0.692. The maximum Gasteiger partial charge on any atom is 0.266 e. The number of hydrogen-bond donors (Lipinski definition) is 1. The van der Waals surface area contributed by atoms with Gasteiger partial charge in [-0.05, 0) is 19.0 Å². The van der Waals surface area contributed by atoms with Crippen LogP contribution >= 0.6 is 0 Å². The van der Waals surface area contributed by atoms with Crippen molar-refractivity contribution < 1.29 is 4.74 Å². The lowest BCUT2D eigenvalue weighted by molar-refractivity contribution is 0.0384. The zero-order chi connectivity index (χ0) is 13.3. The highest BCUT2D eigenvalue weighted by molar-refractivity contribution is 4.84. The molecule has 1 saturated heterocycles. The molecule has 1 aromatic rings. The van der Waals surface area contributed by atoms with E-state index in [1.807, 2.05) is 0 Å². The largest absolute Gasteiger partial charge is 0.379 e. The molecule has 106 valence electrons. The molecule has 0 atom stereocenters. The molecule has 0 aromatic carbocycles. The van der Waals surface area contributed by atoms with E-state index in [1.165, 1.54) is 4.68 Å². The standard InChI is InChI=1S/C13H22N4O2/c18-13-3-1-5-15-17(13)7-2-4-14-6-8-16-9-11-19-12-10-16/h1,3,5,14H,2,4,6-12H2. The fourth-order valence-corrected chi connectivity index (χ4v) is 2.10. The van der Waals surface area contributed by atoms with Crippen molar-refractivity contribution in [3.8, 4) is 0 Å². The van der Waals surface area contributed by atoms with Gasteiger partial charge in [-0.25, -0.2) is 4.68 Å². The Balaban J connectivity index is 1.52. The Morgan fingerprint density at radius 3 is 2.89 bits per heavy atom. The Bertz CT molecular complexity index is 415. The summed E-state index contributed by atoms with van der Waals surface area (Å²) in [6.07, 6.45) is 2.56. The van der Waals surface area contributed by atoms with Crippen LogP contribution in [0.25, 0.3) is 0 Å². The van der Waals surface area contributed by atoms with Crippen LogP contribution in [0.4, 0.5) is 0 Å². The van der Waals surface area contributed by atoms with Crippen LogP contribution in [-0.4, -0.2) is 60.6 Å². The van der Waals surface area contributed by atoms with Crippen molar-refractivity contribution in [2.45, 2.75) is 13.0 Å². The highest BCUT2D eigenvalue weighted by Crippen LogP contribution is 1.94. The van der Waals surface area contributed by atoms with E-state index in [4.69, 9.17) is 4.74 Å². The third-order valence-corrected chi connectivity index (χ3v) is 3.22. The molecule has 1 aliphatic heterocycles. The average molecular weight is 266 g/mol. The maximum atomic E-state index is 11.4. The van der Waals surface area contributed by atoms with Gasteiger partial charge in [-0.3, -0.25) is 9.69 Å². The van der Waals surface area contributed by atoms with Gasteiger partial charge in [-0.1, -0.05) is 0 Å². The van der Waals surface area contributed by atoms with Gasteiger partial charge in [0.2, 0.25) is 0 Å². The Kier molecular flexibility index (Phi) is 6.00. The predicted octanol–water partition coefficient (Wildman–Crippen LogP) is -0.445. The van der Waals surface area contributed by atoms with E-state index in [0.29, 0.717) is 6.54 Å². The fourth-order valence-electron chi connectivity index (χ4n) is 2.10. The van der Waals surface area contributed by atoms with Crippen molar-refractivity contribution in [2.75, 3.05) is 45.9 Å². The van der Waals surface area contributed by atoms with Gasteiger partial charge in [-0.15, -0.1) is 0 Å². The van der Waals surface area contributed by atoms with E-state index >= 15 is 0 Å². The van der Waals surface area contributed by atoms with Crippen molar-refractivity contribution in [2.24, 2.45) is 0 Å². The van der Waals surface area contributed by atoms with Crippen LogP contribution in [0.3, 0.4) is 0 Å². The Morgan fingerprint density at radius 1 is 1.26 bits per heavy atom. The molecule has 0 spiro atoms. The number of aromatic nitrogens is 2. The van der Waals surface area contributed by atoms with Gasteiger partial charge < -0.3 is 10.1 Å². The van der Waals surface area contributed by atoms with E-state index in [1.54, 1.807) is 18.3 Å². The molecule has 1 N–H and O–H groups in total. The van der Waals surface area contributed by atoms with E-state index in [9.17, 15) is 4.79 Å². The Morgan fingerprint density at radius 2 is 2.11 bits per heavy atom. The van der Waals surface area contributed by atoms with Gasteiger partial charge in [0.1, 0.15) is 0 Å². The first-order valence-corrected chi connectivity index (χ1v) is 6.89. The van der Waals surface area contributed by atoms with E-state index < -0.39 is 0 Å². The molecule has 2 heterocycles. The number of rotatable bonds is 7. The molecule has 0 bridgehead atoms. The molecule has 2 rings (SSSR count). The average Bonchev–Trinajstić information content (AvgIpc) is 2.45. The lowest BCUT2D eigenvalue weighted by Gasteiger charge is -2.26. The summed E-state index contributed by atoms with van der Waals surface area (Å²) < 4.78 is 6.81. The van der Waals surface area contributed by atoms with Crippen molar-refractivity contribution in [3.63, 3.8) is 0 Å². The molecular weight excluding hydrogens is 244 g/mol. The van der Waals surface area contributed by atoms with Crippen LogP contribution in [-0.2, 0) is 11.3 Å². The zero-order valence-electron chi connectivity index (χ0n) is 11.3. The first kappa shape index (κ1) is 14.2. The molecular formula is C13H22N4O2. The molecule has 0 saturated carbocycles. The number of aryl methyl sites for hydroxylation is 1. The summed E-state index contributed by atoms with van der Waals surface area (Å²) in [6.45, 7) is 7.39. The molecule has 6 heteroatoms. The van der Waals surface area contributed by atoms with Crippen LogP contribution < -0.4 is 10.9 Å². The minimum Gasteiger partial charge on any atom is -0.379 e. The second-order valence-corrected chi connectivity index (χ2v) is 4.64. The van der Waals surface area contributed by atoms with Crippen LogP contribution in [0.1, 0.15) is 6.42 Å². The normalized spacial score (nSPS) is 16.6. The molecule has 0 aliphatic carbocycles. The first-order valence-electron chi connectivity index (χ1n) is 6.89. The second kappa shape index (κ2) is 8.04. The van der Waals surface area contributed by atoms with Crippen LogP contribution in [0.15, 0.2) is 23.1 Å². The molecule has 1 aliphatic rings. The summed E-state index contributed by atoms with van der Waals surface area (Å²) in [5, 5.41) is 7.42. The van der Waals surface area contributed by atoms with Gasteiger partial charge >= 0.3 is 0 Å². The van der Waals surface area contributed by atoms with E-state index in [0.717, 1.165) is 52.4 Å². The predicted molar refractivity (Wildman–Crippen MR) is 73.2 cm³/mol. The number of nitrogens with zero attached hydrogens (tertiary/aromatic N) is 3. The summed E-state index contributed by atoms with van der Waals surface area (Å²) in [4.78, 5) is 13.8. The van der Waals surface area contributed by atoms with Gasteiger partial charge in [0.05, 0.1) is 13.2 Å². The summed E-state index contributed by atoms with van der Waals surface area (Å²) in [5.74, 6) is 0. The van der Waals surface area contributed by atoms with Gasteiger partial charge in [-0.2, -0.15) is 5.10 Å². The zero-order valence-corrected chi connectivity index (χ0v) is 11.3. The highest BCUT2D eigenvalue weighted by Gasteiger charge is 2.08. The summed E-state index contributed by atoms with van der Waals surface area (Å²) in [6, 6.07) is 3.21. The monoisotopic (exact) mass is 266 g/mol. The molecule has 1 aromatic heterocycles. The van der Waals surface area contributed by atoms with Crippen LogP contribution in [0.5, 0.6) is 0 Å².